The first-order valence-corrected chi connectivity index (χ1v) is 8.27. The number of ether oxygens (including phenoxy) is 2. The summed E-state index contributed by atoms with van der Waals surface area (Å²) >= 11 is 0. The zero-order chi connectivity index (χ0) is 15.1. The van der Waals surface area contributed by atoms with Crippen LogP contribution in [0.2, 0.25) is 0 Å². The highest BCUT2D eigenvalue weighted by Crippen LogP contribution is 2.62. The number of carbonyl (C=O) groups excluding carboxylic acids is 1. The summed E-state index contributed by atoms with van der Waals surface area (Å²) in [7, 11) is 3.91. The van der Waals surface area contributed by atoms with Crippen molar-refractivity contribution in [1.82, 2.24) is 4.90 Å². The summed E-state index contributed by atoms with van der Waals surface area (Å²) in [5, 5.41) is 0. The van der Waals surface area contributed by atoms with Gasteiger partial charge in [0.2, 0.25) is 0 Å². The van der Waals surface area contributed by atoms with Crippen LogP contribution in [0, 0.1) is 5.92 Å². The minimum Gasteiger partial charge on any atom is -0.493 e. The van der Waals surface area contributed by atoms with Crippen LogP contribution >= 0.6 is 0 Å². The molecule has 2 bridgehead atoms. The van der Waals surface area contributed by atoms with Crippen LogP contribution < -0.4 is 9.47 Å². The second-order valence-corrected chi connectivity index (χ2v) is 7.28. The molecule has 1 unspecified atom stereocenters. The number of methoxy groups -OCH3 is 1. The van der Waals surface area contributed by atoms with Crippen molar-refractivity contribution in [3.8, 4) is 11.5 Å². The third-order valence-corrected chi connectivity index (χ3v) is 6.59. The van der Waals surface area contributed by atoms with Gasteiger partial charge in [0, 0.05) is 23.4 Å². The van der Waals surface area contributed by atoms with Crippen LogP contribution in [0.1, 0.15) is 30.4 Å². The Balaban J connectivity index is 1.81. The van der Waals surface area contributed by atoms with E-state index in [9.17, 15) is 4.79 Å². The molecule has 4 aliphatic rings. The Morgan fingerprint density at radius 3 is 3.09 bits per heavy atom. The summed E-state index contributed by atoms with van der Waals surface area (Å²) in [5.41, 5.74) is 2.57. The summed E-state index contributed by atoms with van der Waals surface area (Å²) in [6.45, 7) is 1.05. The second-order valence-electron chi connectivity index (χ2n) is 7.28. The maximum Gasteiger partial charge on any atom is 0.174 e. The first-order chi connectivity index (χ1) is 10.7. The second kappa shape index (κ2) is 4.05. The maximum atomic E-state index is 12.6. The molecule has 0 amide bonds. The van der Waals surface area contributed by atoms with E-state index >= 15 is 0 Å². The van der Waals surface area contributed by atoms with E-state index in [-0.39, 0.29) is 17.3 Å². The van der Waals surface area contributed by atoms with Gasteiger partial charge in [0.25, 0.3) is 0 Å². The Hall–Kier alpha value is -1.55. The number of nitrogens with zero attached hydrogens (tertiary/aromatic N) is 1. The number of piperidine rings is 1. The minimum absolute atomic E-state index is 0.0933. The van der Waals surface area contributed by atoms with E-state index in [4.69, 9.17) is 9.47 Å². The van der Waals surface area contributed by atoms with E-state index in [1.807, 2.05) is 6.07 Å². The van der Waals surface area contributed by atoms with Crippen molar-refractivity contribution >= 4 is 5.78 Å². The normalized spacial score (nSPS) is 38.5. The van der Waals surface area contributed by atoms with Crippen LogP contribution in [0.25, 0.3) is 0 Å². The van der Waals surface area contributed by atoms with E-state index in [0.717, 1.165) is 37.3 Å². The largest absolute Gasteiger partial charge is 0.493 e. The average Bonchev–Trinajstić information content (AvgIpc) is 2.88. The lowest BCUT2D eigenvalue weighted by Crippen LogP contribution is -2.65. The van der Waals surface area contributed by atoms with E-state index in [1.165, 1.54) is 11.1 Å². The Bertz CT molecular complexity index is 685. The zero-order valence-electron chi connectivity index (χ0n) is 13.1. The molecule has 2 fully saturated rings. The molecule has 22 heavy (non-hydrogen) atoms. The number of Topliss-reactive ketones (excluding diaryl/α,β-unsaturated/α-hetero) is 1. The third kappa shape index (κ3) is 1.27. The van der Waals surface area contributed by atoms with Gasteiger partial charge in [-0.05, 0) is 50.4 Å². The highest BCUT2D eigenvalue weighted by atomic mass is 16.5. The predicted molar refractivity (Wildman–Crippen MR) is 81.6 cm³/mol. The van der Waals surface area contributed by atoms with Crippen LogP contribution in [-0.4, -0.2) is 43.5 Å². The molecule has 4 nitrogen and oxygen atoms in total. The number of ketones is 1. The lowest BCUT2D eigenvalue weighted by atomic mass is 9.52. The fourth-order valence-electron chi connectivity index (χ4n) is 5.67. The van der Waals surface area contributed by atoms with Crippen LogP contribution in [0.15, 0.2) is 12.1 Å². The van der Waals surface area contributed by atoms with E-state index < -0.39 is 0 Å². The summed E-state index contributed by atoms with van der Waals surface area (Å²) in [5.74, 6) is 2.46. The number of rotatable bonds is 1. The number of benzene rings is 1. The molecule has 2 aliphatic heterocycles. The van der Waals surface area contributed by atoms with Crippen molar-refractivity contribution in [3.05, 3.63) is 23.3 Å². The van der Waals surface area contributed by atoms with Crippen molar-refractivity contribution in [1.29, 1.82) is 0 Å². The van der Waals surface area contributed by atoms with Crippen LogP contribution in [0.3, 0.4) is 0 Å². The first kappa shape index (κ1) is 12.9. The molecule has 0 aromatic heterocycles. The molecule has 0 N–H and O–H groups in total. The molecule has 1 saturated heterocycles. The number of likely N-dealkylation sites (tertiary alicyclic amines) is 1. The van der Waals surface area contributed by atoms with E-state index in [0.29, 0.717) is 18.4 Å². The summed E-state index contributed by atoms with van der Waals surface area (Å²) in [6, 6.07) is 4.73. The van der Waals surface area contributed by atoms with Crippen molar-refractivity contribution < 1.29 is 14.3 Å². The molecular weight excluding hydrogens is 278 g/mol. The molecule has 2 aliphatic carbocycles. The SMILES string of the molecule is COc1ccc2c3c1O[C@H]1C(=O)CC[C@H]4[C@@H](C2)N(C)CCC314. The van der Waals surface area contributed by atoms with Gasteiger partial charge in [-0.15, -0.1) is 0 Å². The van der Waals surface area contributed by atoms with Gasteiger partial charge in [-0.1, -0.05) is 6.07 Å². The zero-order valence-corrected chi connectivity index (χ0v) is 13.1. The van der Waals surface area contributed by atoms with Crippen molar-refractivity contribution in [3.63, 3.8) is 0 Å². The van der Waals surface area contributed by atoms with E-state index in [2.05, 4.69) is 18.0 Å². The molecule has 0 radical (unpaired) electrons. The lowest BCUT2D eigenvalue weighted by Gasteiger charge is -2.57. The van der Waals surface area contributed by atoms with Gasteiger partial charge in [0.1, 0.15) is 0 Å². The topological polar surface area (TPSA) is 38.8 Å². The van der Waals surface area contributed by atoms with Gasteiger partial charge < -0.3 is 14.4 Å². The number of likely N-dealkylation sites (N-methyl/N-ethyl adjacent to an activating group) is 1. The summed E-state index contributed by atoms with van der Waals surface area (Å²) < 4.78 is 11.8. The fraction of sp³-hybridized carbons (Fsp3) is 0.611. The molecule has 116 valence electrons. The van der Waals surface area contributed by atoms with Crippen LogP contribution in [0.5, 0.6) is 11.5 Å². The van der Waals surface area contributed by atoms with Gasteiger partial charge in [0.05, 0.1) is 7.11 Å². The molecule has 1 spiro atoms. The molecule has 1 aromatic rings. The molecule has 4 atom stereocenters. The lowest BCUT2D eigenvalue weighted by molar-refractivity contribution is -0.138. The van der Waals surface area contributed by atoms with Crippen molar-refractivity contribution in [2.45, 2.75) is 43.2 Å². The Morgan fingerprint density at radius 2 is 2.27 bits per heavy atom. The van der Waals surface area contributed by atoms with Gasteiger partial charge in [-0.3, -0.25) is 4.79 Å². The Labute approximate surface area is 130 Å². The van der Waals surface area contributed by atoms with Crippen LogP contribution in [-0.2, 0) is 16.6 Å². The number of carbonyl (C=O) groups is 1. The summed E-state index contributed by atoms with van der Waals surface area (Å²) in [4.78, 5) is 15.1. The number of hydrogen-bond acceptors (Lipinski definition) is 4. The highest BCUT2D eigenvalue weighted by Gasteiger charge is 2.65. The third-order valence-electron chi connectivity index (χ3n) is 6.59. The Kier molecular flexibility index (Phi) is 2.38. The van der Waals surface area contributed by atoms with Gasteiger partial charge >= 0.3 is 0 Å². The first-order valence-electron chi connectivity index (χ1n) is 8.27. The smallest absolute Gasteiger partial charge is 0.174 e. The Morgan fingerprint density at radius 1 is 1.41 bits per heavy atom. The van der Waals surface area contributed by atoms with Crippen LogP contribution in [0.4, 0.5) is 0 Å². The molecule has 1 saturated carbocycles. The average molecular weight is 299 g/mol. The maximum absolute atomic E-state index is 12.6. The van der Waals surface area contributed by atoms with Crippen molar-refractivity contribution in [2.75, 3.05) is 20.7 Å². The number of hydrogen-bond donors (Lipinski definition) is 0. The van der Waals surface area contributed by atoms with E-state index in [1.54, 1.807) is 7.11 Å². The molecule has 2 heterocycles. The molecular formula is C18H21NO3. The highest BCUT2D eigenvalue weighted by molar-refractivity contribution is 5.89. The summed E-state index contributed by atoms with van der Waals surface area (Å²) in [6.07, 6.45) is 3.47. The standard InChI is InChI=1S/C18H21NO3/c1-19-8-7-18-11-4-5-13(20)17(18)22-16-14(21-2)6-3-10(15(16)18)9-12(11)19/h3,6,11-12,17H,4-5,7-9H2,1-2H3/t11-,12+,17-,18?/m0/s1. The van der Waals surface area contributed by atoms with Crippen molar-refractivity contribution in [2.24, 2.45) is 5.92 Å². The molecule has 4 heteroatoms. The fourth-order valence-corrected chi connectivity index (χ4v) is 5.67. The quantitative estimate of drug-likeness (QED) is 0.794. The van der Waals surface area contributed by atoms with Gasteiger partial charge in [-0.25, -0.2) is 0 Å². The predicted octanol–water partition coefficient (Wildman–Crippen LogP) is 1.93. The molecule has 5 rings (SSSR count). The minimum atomic E-state index is -0.284. The molecule has 1 aromatic carbocycles. The monoisotopic (exact) mass is 299 g/mol. The van der Waals surface area contributed by atoms with Gasteiger partial charge in [0.15, 0.2) is 23.4 Å². The van der Waals surface area contributed by atoms with Gasteiger partial charge in [-0.2, -0.15) is 0 Å².